The van der Waals surface area contributed by atoms with Crippen LogP contribution in [0.1, 0.15) is 28.4 Å². The topological polar surface area (TPSA) is 52.6 Å². The Morgan fingerprint density at radius 2 is 2.00 bits per heavy atom. The van der Waals surface area contributed by atoms with Gasteiger partial charge in [0, 0.05) is 16.5 Å². The molecule has 2 aliphatic rings. The van der Waals surface area contributed by atoms with E-state index in [1.54, 1.807) is 31.2 Å². The van der Waals surface area contributed by atoms with Crippen LogP contribution in [0.5, 0.6) is 5.75 Å². The Hall–Kier alpha value is -2.33. The molecule has 0 saturated heterocycles. The summed E-state index contributed by atoms with van der Waals surface area (Å²) >= 11 is 6.09. The van der Waals surface area contributed by atoms with Gasteiger partial charge in [0.05, 0.1) is 6.61 Å². The number of carbonyl (C=O) groups excluding carboxylic acids is 2. The minimum absolute atomic E-state index is 0.194. The van der Waals surface area contributed by atoms with Gasteiger partial charge >= 0.3 is 5.97 Å². The van der Waals surface area contributed by atoms with E-state index < -0.39 is 11.6 Å². The summed E-state index contributed by atoms with van der Waals surface area (Å²) in [6.45, 7) is 1.92. The third-order valence-corrected chi connectivity index (χ3v) is 5.21. The van der Waals surface area contributed by atoms with Crippen molar-refractivity contribution >= 4 is 23.4 Å². The number of hydrogen-bond acceptors (Lipinski definition) is 4. The van der Waals surface area contributed by atoms with Gasteiger partial charge in [-0.05, 0) is 49.1 Å². The molecule has 0 fully saturated rings. The van der Waals surface area contributed by atoms with E-state index in [9.17, 15) is 9.59 Å². The first-order chi connectivity index (χ1) is 12.1. The Labute approximate surface area is 150 Å². The van der Waals surface area contributed by atoms with Crippen LogP contribution in [0.25, 0.3) is 0 Å². The fourth-order valence-corrected chi connectivity index (χ4v) is 4.04. The number of fused-ring (bicyclic) bond motifs is 3. The third kappa shape index (κ3) is 2.35. The summed E-state index contributed by atoms with van der Waals surface area (Å²) in [5.41, 5.74) is 0.755. The maximum Gasteiger partial charge on any atom is 0.359 e. The molecule has 4 rings (SSSR count). The molecule has 2 aromatic carbocycles. The van der Waals surface area contributed by atoms with E-state index in [0.29, 0.717) is 29.2 Å². The normalized spacial score (nSPS) is 23.8. The summed E-state index contributed by atoms with van der Waals surface area (Å²) in [4.78, 5) is 26.2. The molecule has 0 saturated carbocycles. The van der Waals surface area contributed by atoms with Crippen LogP contribution in [0.4, 0.5) is 0 Å². The van der Waals surface area contributed by atoms with E-state index in [0.717, 1.165) is 11.1 Å². The van der Waals surface area contributed by atoms with Crippen molar-refractivity contribution in [3.05, 3.63) is 64.2 Å². The van der Waals surface area contributed by atoms with Crippen molar-refractivity contribution in [3.63, 3.8) is 0 Å². The fourth-order valence-electron chi connectivity index (χ4n) is 3.85. The molecule has 0 amide bonds. The highest BCUT2D eigenvalue weighted by Gasteiger charge is 2.60. The zero-order chi connectivity index (χ0) is 17.6. The highest BCUT2D eigenvalue weighted by Crippen LogP contribution is 2.45. The lowest BCUT2D eigenvalue weighted by Gasteiger charge is -2.44. The second-order valence-corrected chi connectivity index (χ2v) is 6.84. The van der Waals surface area contributed by atoms with Crippen LogP contribution in [0.15, 0.2) is 42.5 Å². The minimum atomic E-state index is -1.62. The summed E-state index contributed by atoms with van der Waals surface area (Å²) in [7, 11) is 0. The first kappa shape index (κ1) is 16.2. The molecule has 25 heavy (non-hydrogen) atoms. The summed E-state index contributed by atoms with van der Waals surface area (Å²) in [5, 5.41) is 0.605. The fraction of sp³-hybridized carbons (Fsp3) is 0.300. The van der Waals surface area contributed by atoms with Gasteiger partial charge < -0.3 is 9.47 Å². The van der Waals surface area contributed by atoms with Crippen LogP contribution in [0, 0.1) is 5.92 Å². The predicted molar refractivity (Wildman–Crippen MR) is 93.1 cm³/mol. The van der Waals surface area contributed by atoms with Crippen molar-refractivity contribution in [1.29, 1.82) is 0 Å². The SMILES string of the molecule is CCOC(=O)C12Oc3ccc(Cl)cc3CC1Cc1ccccc1C2=O. The molecule has 1 aliphatic heterocycles. The first-order valence-electron chi connectivity index (χ1n) is 8.33. The monoisotopic (exact) mass is 356 g/mol. The second kappa shape index (κ2) is 5.88. The highest BCUT2D eigenvalue weighted by atomic mass is 35.5. The van der Waals surface area contributed by atoms with Gasteiger partial charge in [-0.3, -0.25) is 4.79 Å². The van der Waals surface area contributed by atoms with E-state index in [-0.39, 0.29) is 18.3 Å². The van der Waals surface area contributed by atoms with E-state index in [2.05, 4.69) is 0 Å². The van der Waals surface area contributed by atoms with Gasteiger partial charge in [0.1, 0.15) is 5.75 Å². The highest BCUT2D eigenvalue weighted by molar-refractivity contribution is 6.30. The summed E-state index contributed by atoms with van der Waals surface area (Å²) < 4.78 is 11.3. The molecule has 128 valence electrons. The second-order valence-electron chi connectivity index (χ2n) is 6.40. The van der Waals surface area contributed by atoms with E-state index in [4.69, 9.17) is 21.1 Å². The Kier molecular flexibility index (Phi) is 3.80. The molecule has 2 aromatic rings. The standard InChI is InChI=1S/C20H17ClO4/c1-2-24-19(23)20-14(9-12-5-3-4-6-16(12)18(20)22)10-13-11-15(21)7-8-17(13)25-20/h3-8,11,14H,2,9-10H2,1H3. The summed E-state index contributed by atoms with van der Waals surface area (Å²) in [6, 6.07) is 12.6. The lowest BCUT2D eigenvalue weighted by atomic mass is 9.67. The summed E-state index contributed by atoms with van der Waals surface area (Å²) in [5.74, 6) is -0.736. The average Bonchev–Trinajstić information content (AvgIpc) is 2.61. The number of carbonyl (C=O) groups is 2. The van der Waals surface area contributed by atoms with Gasteiger partial charge in [-0.15, -0.1) is 0 Å². The maximum atomic E-state index is 13.3. The molecule has 0 bridgehead atoms. The average molecular weight is 357 g/mol. The van der Waals surface area contributed by atoms with Crippen molar-refractivity contribution in [2.45, 2.75) is 25.4 Å². The molecule has 2 atom stereocenters. The molecule has 1 aliphatic carbocycles. The number of rotatable bonds is 2. The zero-order valence-corrected chi connectivity index (χ0v) is 14.5. The largest absolute Gasteiger partial charge is 0.467 e. The lowest BCUT2D eigenvalue weighted by molar-refractivity contribution is -0.163. The van der Waals surface area contributed by atoms with Crippen LogP contribution in [-0.2, 0) is 22.4 Å². The van der Waals surface area contributed by atoms with Crippen molar-refractivity contribution in [2.75, 3.05) is 6.61 Å². The molecular weight excluding hydrogens is 340 g/mol. The van der Waals surface area contributed by atoms with Crippen molar-refractivity contribution in [2.24, 2.45) is 5.92 Å². The first-order valence-corrected chi connectivity index (χ1v) is 8.71. The smallest absolute Gasteiger partial charge is 0.359 e. The van der Waals surface area contributed by atoms with Crippen molar-refractivity contribution in [3.8, 4) is 5.75 Å². The van der Waals surface area contributed by atoms with Gasteiger partial charge in [0.2, 0.25) is 5.78 Å². The van der Waals surface area contributed by atoms with Gasteiger partial charge in [0.25, 0.3) is 5.60 Å². The van der Waals surface area contributed by atoms with Gasteiger partial charge in [-0.25, -0.2) is 4.79 Å². The van der Waals surface area contributed by atoms with Crippen LogP contribution >= 0.6 is 11.6 Å². The number of ketones is 1. The van der Waals surface area contributed by atoms with Crippen molar-refractivity contribution in [1.82, 2.24) is 0 Å². The van der Waals surface area contributed by atoms with Gasteiger partial charge in [-0.1, -0.05) is 35.9 Å². The van der Waals surface area contributed by atoms with E-state index in [1.165, 1.54) is 0 Å². The third-order valence-electron chi connectivity index (χ3n) is 4.98. The quantitative estimate of drug-likeness (QED) is 0.609. The molecule has 5 heteroatoms. The zero-order valence-electron chi connectivity index (χ0n) is 13.8. The molecule has 4 nitrogen and oxygen atoms in total. The van der Waals surface area contributed by atoms with Crippen LogP contribution in [0.3, 0.4) is 0 Å². The molecule has 1 heterocycles. The Morgan fingerprint density at radius 3 is 2.80 bits per heavy atom. The molecule has 2 unspecified atom stereocenters. The predicted octanol–water partition coefficient (Wildman–Crippen LogP) is 3.63. The molecule has 0 aromatic heterocycles. The number of Topliss-reactive ketones (excluding diaryl/α,β-unsaturated/α-hetero) is 1. The Morgan fingerprint density at radius 1 is 1.24 bits per heavy atom. The van der Waals surface area contributed by atoms with Crippen LogP contribution in [-0.4, -0.2) is 24.0 Å². The van der Waals surface area contributed by atoms with E-state index >= 15 is 0 Å². The van der Waals surface area contributed by atoms with Crippen LogP contribution in [0.2, 0.25) is 5.02 Å². The molecule has 0 radical (unpaired) electrons. The van der Waals surface area contributed by atoms with Gasteiger partial charge in [-0.2, -0.15) is 0 Å². The maximum absolute atomic E-state index is 13.3. The number of ether oxygens (including phenoxy) is 2. The molecule has 0 spiro atoms. The van der Waals surface area contributed by atoms with Gasteiger partial charge in [0.15, 0.2) is 0 Å². The number of benzene rings is 2. The lowest BCUT2D eigenvalue weighted by Crippen LogP contribution is -2.62. The Bertz CT molecular complexity index is 876. The summed E-state index contributed by atoms with van der Waals surface area (Å²) in [6.07, 6.45) is 1.11. The minimum Gasteiger partial charge on any atom is -0.467 e. The molecular formula is C20H17ClO4. The van der Waals surface area contributed by atoms with Crippen LogP contribution < -0.4 is 4.74 Å². The Balaban J connectivity index is 1.88. The van der Waals surface area contributed by atoms with Crippen molar-refractivity contribution < 1.29 is 19.1 Å². The van der Waals surface area contributed by atoms with E-state index in [1.807, 2.05) is 18.2 Å². The number of halogens is 1. The molecule has 0 N–H and O–H groups in total. The number of esters is 1. The number of hydrogen-bond donors (Lipinski definition) is 0.